The minimum atomic E-state index is -0.474. The second-order valence-corrected chi connectivity index (χ2v) is 14.5. The van der Waals surface area contributed by atoms with Gasteiger partial charge in [0, 0.05) is 59.6 Å². The predicted molar refractivity (Wildman–Crippen MR) is 202 cm³/mol. The quantitative estimate of drug-likeness (QED) is 0.141. The summed E-state index contributed by atoms with van der Waals surface area (Å²) in [6.07, 6.45) is 6.48. The molecule has 3 aromatic carbocycles. The van der Waals surface area contributed by atoms with Crippen LogP contribution in [0.25, 0.3) is 27.5 Å². The highest BCUT2D eigenvalue weighted by molar-refractivity contribution is 6.07. The first-order valence-corrected chi connectivity index (χ1v) is 18.5. The molecular formula is C42H39FN8O3. The Balaban J connectivity index is 0.894. The smallest absolute Gasteiger partial charge is 0.255 e. The molecule has 0 spiro atoms. The van der Waals surface area contributed by atoms with E-state index in [2.05, 4.69) is 31.1 Å². The Morgan fingerprint density at radius 3 is 2.76 bits per heavy atom. The number of carbonyl (C=O) groups excluding carboxylic acids is 1. The predicted octanol–water partition coefficient (Wildman–Crippen LogP) is 7.41. The van der Waals surface area contributed by atoms with E-state index in [4.69, 9.17) is 24.7 Å². The van der Waals surface area contributed by atoms with E-state index in [9.17, 15) is 9.18 Å². The van der Waals surface area contributed by atoms with E-state index in [-0.39, 0.29) is 24.2 Å². The number of hydrogen-bond acceptors (Lipinski definition) is 8. The number of aryl methyl sites for hydroxylation is 1. The maximum atomic E-state index is 14.4. The number of imidazole rings is 1. The van der Waals surface area contributed by atoms with Crippen molar-refractivity contribution < 1.29 is 18.7 Å². The van der Waals surface area contributed by atoms with E-state index < -0.39 is 5.82 Å². The molecule has 3 aliphatic rings. The number of aromatic nitrogens is 5. The zero-order chi connectivity index (χ0) is 36.8. The van der Waals surface area contributed by atoms with Gasteiger partial charge in [-0.15, -0.1) is 0 Å². The fourth-order valence-corrected chi connectivity index (χ4v) is 7.39. The summed E-state index contributed by atoms with van der Waals surface area (Å²) >= 11 is 0. The Morgan fingerprint density at radius 1 is 1.11 bits per heavy atom. The van der Waals surface area contributed by atoms with Gasteiger partial charge in [0.1, 0.15) is 18.2 Å². The summed E-state index contributed by atoms with van der Waals surface area (Å²) in [6, 6.07) is 21.7. The fourth-order valence-electron chi connectivity index (χ4n) is 7.39. The van der Waals surface area contributed by atoms with Gasteiger partial charge in [-0.1, -0.05) is 18.2 Å². The van der Waals surface area contributed by atoms with Crippen LogP contribution in [0.3, 0.4) is 0 Å². The van der Waals surface area contributed by atoms with Crippen molar-refractivity contribution in [1.82, 2.24) is 29.6 Å². The van der Waals surface area contributed by atoms with E-state index >= 15 is 0 Å². The number of benzene rings is 3. The van der Waals surface area contributed by atoms with E-state index in [1.54, 1.807) is 18.2 Å². The van der Waals surface area contributed by atoms with Crippen LogP contribution in [0.15, 0.2) is 72.8 Å². The van der Waals surface area contributed by atoms with Gasteiger partial charge in [-0.2, -0.15) is 10.4 Å². The van der Waals surface area contributed by atoms with Crippen molar-refractivity contribution in [2.45, 2.75) is 64.3 Å². The third-order valence-electron chi connectivity index (χ3n) is 10.7. The van der Waals surface area contributed by atoms with Crippen molar-refractivity contribution in [1.29, 1.82) is 5.26 Å². The molecular weight excluding hydrogens is 684 g/mol. The van der Waals surface area contributed by atoms with Gasteiger partial charge >= 0.3 is 0 Å². The first-order chi connectivity index (χ1) is 26.4. The molecule has 1 aliphatic carbocycles. The molecule has 54 heavy (non-hydrogen) atoms. The Labute approximate surface area is 311 Å². The molecule has 11 nitrogen and oxygen atoms in total. The molecule has 1 amide bonds. The molecule has 2 aliphatic heterocycles. The Hall–Kier alpha value is -5.90. The maximum absolute atomic E-state index is 14.4. The number of ether oxygens (including phenoxy) is 2. The fraction of sp³-hybridized carbons (Fsp3) is 0.310. The van der Waals surface area contributed by atoms with Crippen molar-refractivity contribution in [3.8, 4) is 11.9 Å². The van der Waals surface area contributed by atoms with Crippen molar-refractivity contribution in [2.75, 3.05) is 25.0 Å². The number of carbonyl (C=O) groups is 1. The van der Waals surface area contributed by atoms with Crippen LogP contribution in [0.5, 0.6) is 5.88 Å². The van der Waals surface area contributed by atoms with Gasteiger partial charge in [-0.3, -0.25) is 14.8 Å². The highest BCUT2D eigenvalue weighted by Gasteiger charge is 2.28. The van der Waals surface area contributed by atoms with Gasteiger partial charge in [-0.05, 0) is 92.3 Å². The second kappa shape index (κ2) is 14.2. The molecule has 272 valence electrons. The Bertz CT molecular complexity index is 2490. The molecule has 5 heterocycles. The van der Waals surface area contributed by atoms with Gasteiger partial charge in [-0.25, -0.2) is 14.4 Å². The van der Waals surface area contributed by atoms with Crippen LogP contribution in [0.1, 0.15) is 75.9 Å². The zero-order valence-corrected chi connectivity index (χ0v) is 29.9. The third kappa shape index (κ3) is 6.84. The van der Waals surface area contributed by atoms with E-state index in [0.29, 0.717) is 35.2 Å². The average molecular weight is 723 g/mol. The number of rotatable bonds is 11. The minimum absolute atomic E-state index is 0.0185. The Morgan fingerprint density at radius 2 is 2.00 bits per heavy atom. The first kappa shape index (κ1) is 33.9. The van der Waals surface area contributed by atoms with E-state index in [1.165, 1.54) is 6.07 Å². The van der Waals surface area contributed by atoms with Crippen molar-refractivity contribution in [2.24, 2.45) is 0 Å². The standard InChI is InChI=1S/C42H39FN8O3/c1-25-17-30(19-33-40(25)48-49-41(33)28-7-8-28)42(52)45-31-9-10-37-36(20-31)46-38(51(37)22-32-13-16-53-32)23-50-14-11-27(12-15-50)35-3-2-4-39(47-35)54-24-29-6-5-26(21-44)18-34(29)43/h2-6,9-11,17-20,28,32H,7-8,12-16,22-24H2,1H3,(H,45,52)(H,48,49)/t32-/m0/s1. The van der Waals surface area contributed by atoms with Crippen molar-refractivity contribution in [3.05, 3.63) is 118 Å². The molecule has 6 aromatic rings. The summed E-state index contributed by atoms with van der Waals surface area (Å²) in [6.45, 7) is 5.73. The topological polar surface area (TPSA) is 134 Å². The minimum Gasteiger partial charge on any atom is -0.473 e. The van der Waals surface area contributed by atoms with Gasteiger partial charge in [0.25, 0.3) is 5.91 Å². The van der Waals surface area contributed by atoms with Crippen LogP contribution in [0.2, 0.25) is 0 Å². The van der Waals surface area contributed by atoms with Gasteiger partial charge in [0.15, 0.2) is 0 Å². The number of aromatic amines is 1. The Kier molecular flexibility index (Phi) is 8.89. The number of fused-ring (bicyclic) bond motifs is 2. The molecule has 1 saturated carbocycles. The number of H-pyrrole nitrogens is 1. The first-order valence-electron chi connectivity index (χ1n) is 18.5. The molecule has 12 heteroatoms. The van der Waals surface area contributed by atoms with Gasteiger partial charge in [0.05, 0.1) is 53.1 Å². The van der Waals surface area contributed by atoms with Crippen LogP contribution in [0.4, 0.5) is 10.1 Å². The maximum Gasteiger partial charge on any atom is 0.255 e. The number of halogens is 1. The average Bonchev–Trinajstić information content (AvgIpc) is 3.83. The summed E-state index contributed by atoms with van der Waals surface area (Å²) in [5, 5.41) is 20.9. The summed E-state index contributed by atoms with van der Waals surface area (Å²) < 4.78 is 28.3. The van der Waals surface area contributed by atoms with Crippen molar-refractivity contribution >= 4 is 39.1 Å². The number of nitriles is 1. The number of pyridine rings is 1. The second-order valence-electron chi connectivity index (χ2n) is 14.5. The third-order valence-corrected chi connectivity index (χ3v) is 10.7. The summed E-state index contributed by atoms with van der Waals surface area (Å²) in [4.78, 5) is 25.7. The lowest BCUT2D eigenvalue weighted by Crippen LogP contribution is -2.33. The molecule has 0 bridgehead atoms. The SMILES string of the molecule is Cc1cc(C(=O)Nc2ccc3c(c2)nc(CN2CC=C(c4cccc(OCc5ccc(C#N)cc5F)n4)CC2)n3C[C@@H]2CCO2)cc2c(C3CC3)[nH]nc12. The lowest BCUT2D eigenvalue weighted by Gasteiger charge is -2.29. The normalized spacial score (nSPS) is 17.3. The van der Waals surface area contributed by atoms with Crippen molar-refractivity contribution in [3.63, 3.8) is 0 Å². The van der Waals surface area contributed by atoms with Crippen LogP contribution in [-0.2, 0) is 24.4 Å². The number of amides is 1. The summed E-state index contributed by atoms with van der Waals surface area (Å²) in [7, 11) is 0. The lowest BCUT2D eigenvalue weighted by atomic mass is 10.0. The van der Waals surface area contributed by atoms with Crippen LogP contribution in [0, 0.1) is 24.1 Å². The number of nitrogens with one attached hydrogen (secondary N) is 2. The molecule has 0 radical (unpaired) electrons. The number of anilines is 1. The molecule has 9 rings (SSSR count). The molecule has 2 fully saturated rings. The highest BCUT2D eigenvalue weighted by Crippen LogP contribution is 2.42. The molecule has 2 N–H and O–H groups in total. The number of hydrogen-bond donors (Lipinski definition) is 2. The van der Waals surface area contributed by atoms with Crippen LogP contribution < -0.4 is 10.1 Å². The molecule has 3 aromatic heterocycles. The zero-order valence-electron chi connectivity index (χ0n) is 29.9. The number of nitrogens with zero attached hydrogens (tertiary/aromatic N) is 6. The summed E-state index contributed by atoms with van der Waals surface area (Å²) in [5.74, 6) is 1.24. The monoisotopic (exact) mass is 722 g/mol. The van der Waals surface area contributed by atoms with Crippen LogP contribution >= 0.6 is 0 Å². The van der Waals surface area contributed by atoms with Gasteiger partial charge in [0.2, 0.25) is 5.88 Å². The lowest BCUT2D eigenvalue weighted by molar-refractivity contribution is -0.0591. The highest BCUT2D eigenvalue weighted by atomic mass is 19.1. The van der Waals surface area contributed by atoms with E-state index in [0.717, 1.165) is 102 Å². The molecule has 0 unspecified atom stereocenters. The molecule has 1 saturated heterocycles. The molecule has 1 atom stereocenters. The van der Waals surface area contributed by atoms with Gasteiger partial charge < -0.3 is 19.4 Å². The van der Waals surface area contributed by atoms with E-state index in [1.807, 2.05) is 55.5 Å². The summed E-state index contributed by atoms with van der Waals surface area (Å²) in [5.41, 5.74) is 8.78. The largest absolute Gasteiger partial charge is 0.473 e. The van der Waals surface area contributed by atoms with Crippen LogP contribution in [-0.4, -0.2) is 61.3 Å².